The van der Waals surface area contributed by atoms with Gasteiger partial charge in [-0.15, -0.1) is 0 Å². The molecule has 3 rings (SSSR count). The quantitative estimate of drug-likeness (QED) is 0.885. The van der Waals surface area contributed by atoms with Crippen molar-refractivity contribution in [2.75, 3.05) is 31.3 Å². The lowest BCUT2D eigenvalue weighted by atomic mass is 10.2. The van der Waals surface area contributed by atoms with Crippen molar-refractivity contribution in [3.63, 3.8) is 0 Å². The summed E-state index contributed by atoms with van der Waals surface area (Å²) in [5.41, 5.74) is 3.54. The summed E-state index contributed by atoms with van der Waals surface area (Å²) in [4.78, 5) is 30.5. The first-order valence-corrected chi connectivity index (χ1v) is 7.79. The number of aliphatic imine (C=N–C) groups is 1. The van der Waals surface area contributed by atoms with E-state index in [9.17, 15) is 9.59 Å². The molecule has 0 radical (unpaired) electrons. The summed E-state index contributed by atoms with van der Waals surface area (Å²) in [5.74, 6) is -0.188. The number of amides is 2. The molecular formula is C16H20N4O3. The van der Waals surface area contributed by atoms with Crippen LogP contribution in [0.15, 0.2) is 35.3 Å². The van der Waals surface area contributed by atoms with E-state index in [1.54, 1.807) is 17.0 Å². The number of hydrogen-bond donors (Lipinski definition) is 1. The van der Waals surface area contributed by atoms with Crippen LogP contribution in [0.3, 0.4) is 0 Å². The summed E-state index contributed by atoms with van der Waals surface area (Å²) in [6.45, 7) is 3.61. The van der Waals surface area contributed by atoms with Gasteiger partial charge in [-0.05, 0) is 18.6 Å². The summed E-state index contributed by atoms with van der Waals surface area (Å²) in [6, 6.07) is 9.16. The number of para-hydroxylation sites is 1. The molecule has 1 fully saturated rings. The highest BCUT2D eigenvalue weighted by atomic mass is 16.5. The fourth-order valence-corrected chi connectivity index (χ4v) is 2.62. The standard InChI is InChI=1S/C16H20N4O3/c1-2-13-11-19(8-9-23-13)16(22)15-17-10-14(21)20(18-15)12-6-4-3-5-7-12/h3-7,13H,2,8-11H2,1H3,(H,17,18)/t13-/m1/s1. The van der Waals surface area contributed by atoms with Crippen molar-refractivity contribution < 1.29 is 14.3 Å². The molecule has 2 aliphatic rings. The third-order valence-electron chi connectivity index (χ3n) is 3.94. The van der Waals surface area contributed by atoms with E-state index in [0.717, 1.165) is 6.42 Å². The van der Waals surface area contributed by atoms with E-state index in [2.05, 4.69) is 10.4 Å². The van der Waals surface area contributed by atoms with Gasteiger partial charge in [0.05, 0.1) is 18.4 Å². The van der Waals surface area contributed by atoms with Gasteiger partial charge in [0.15, 0.2) is 0 Å². The van der Waals surface area contributed by atoms with Crippen molar-refractivity contribution >= 4 is 23.3 Å². The number of amidine groups is 1. The maximum absolute atomic E-state index is 12.6. The molecule has 122 valence electrons. The molecule has 0 saturated carbocycles. The molecular weight excluding hydrogens is 296 g/mol. The molecule has 7 heteroatoms. The molecule has 1 saturated heterocycles. The van der Waals surface area contributed by atoms with Crippen LogP contribution in [0.25, 0.3) is 0 Å². The summed E-state index contributed by atoms with van der Waals surface area (Å²) in [6.07, 6.45) is 0.918. The van der Waals surface area contributed by atoms with Crippen molar-refractivity contribution in [1.82, 2.24) is 10.3 Å². The highest BCUT2D eigenvalue weighted by Gasteiger charge is 2.30. The number of benzene rings is 1. The maximum Gasteiger partial charge on any atom is 0.290 e. The van der Waals surface area contributed by atoms with Crippen LogP contribution in [0, 0.1) is 0 Å². The Morgan fingerprint density at radius 3 is 2.91 bits per heavy atom. The SMILES string of the molecule is CC[C@@H]1CN(C(=O)C2=NCC(=O)N(c3ccccc3)N2)CCO1. The molecule has 23 heavy (non-hydrogen) atoms. The monoisotopic (exact) mass is 316 g/mol. The molecule has 1 atom stereocenters. The highest BCUT2D eigenvalue weighted by Crippen LogP contribution is 2.14. The summed E-state index contributed by atoms with van der Waals surface area (Å²) >= 11 is 0. The van der Waals surface area contributed by atoms with Crippen LogP contribution < -0.4 is 10.4 Å². The first kappa shape index (κ1) is 15.5. The molecule has 0 bridgehead atoms. The molecule has 1 N–H and O–H groups in total. The predicted octanol–water partition coefficient (Wildman–Crippen LogP) is 0.574. The van der Waals surface area contributed by atoms with Gasteiger partial charge < -0.3 is 9.64 Å². The van der Waals surface area contributed by atoms with E-state index in [1.807, 2.05) is 25.1 Å². The number of carbonyl (C=O) groups is 2. The van der Waals surface area contributed by atoms with Gasteiger partial charge in [0.25, 0.3) is 11.8 Å². The van der Waals surface area contributed by atoms with Gasteiger partial charge in [0.2, 0.25) is 5.84 Å². The summed E-state index contributed by atoms with van der Waals surface area (Å²) in [5, 5.41) is 1.37. The maximum atomic E-state index is 12.6. The Balaban J connectivity index is 1.73. The van der Waals surface area contributed by atoms with Crippen LogP contribution in [-0.2, 0) is 14.3 Å². The van der Waals surface area contributed by atoms with Gasteiger partial charge in [-0.2, -0.15) is 0 Å². The third-order valence-corrected chi connectivity index (χ3v) is 3.94. The van der Waals surface area contributed by atoms with Gasteiger partial charge in [0.1, 0.15) is 6.54 Å². The minimum Gasteiger partial charge on any atom is -0.375 e. The number of carbonyl (C=O) groups excluding carboxylic acids is 2. The van der Waals surface area contributed by atoms with Crippen molar-refractivity contribution in [3.8, 4) is 0 Å². The van der Waals surface area contributed by atoms with Crippen molar-refractivity contribution in [2.45, 2.75) is 19.4 Å². The van der Waals surface area contributed by atoms with E-state index >= 15 is 0 Å². The first-order chi connectivity index (χ1) is 11.2. The molecule has 1 aromatic carbocycles. The number of morpholine rings is 1. The second-order valence-electron chi connectivity index (χ2n) is 5.49. The molecule has 2 amide bonds. The zero-order valence-electron chi connectivity index (χ0n) is 13.1. The zero-order chi connectivity index (χ0) is 16.2. The number of ether oxygens (including phenoxy) is 1. The van der Waals surface area contributed by atoms with Gasteiger partial charge in [-0.3, -0.25) is 20.0 Å². The minimum absolute atomic E-state index is 0.0372. The Morgan fingerprint density at radius 1 is 1.39 bits per heavy atom. The van der Waals surface area contributed by atoms with Gasteiger partial charge in [0, 0.05) is 13.1 Å². The number of hydrazine groups is 1. The van der Waals surface area contributed by atoms with Crippen molar-refractivity contribution in [1.29, 1.82) is 0 Å². The van der Waals surface area contributed by atoms with Crippen molar-refractivity contribution in [3.05, 3.63) is 30.3 Å². The average molecular weight is 316 g/mol. The molecule has 7 nitrogen and oxygen atoms in total. The van der Waals surface area contributed by atoms with E-state index in [0.29, 0.717) is 25.4 Å². The molecule has 0 spiro atoms. The molecule has 0 aromatic heterocycles. The van der Waals surface area contributed by atoms with E-state index in [-0.39, 0.29) is 30.3 Å². The second kappa shape index (κ2) is 6.78. The van der Waals surface area contributed by atoms with E-state index in [1.165, 1.54) is 5.01 Å². The van der Waals surface area contributed by atoms with Crippen LogP contribution >= 0.6 is 0 Å². The number of nitrogens with one attached hydrogen (secondary N) is 1. The number of hydrogen-bond acceptors (Lipinski definition) is 5. The van der Waals surface area contributed by atoms with E-state index < -0.39 is 0 Å². The molecule has 2 heterocycles. The van der Waals surface area contributed by atoms with Crippen molar-refractivity contribution in [2.24, 2.45) is 4.99 Å². The lowest BCUT2D eigenvalue weighted by molar-refractivity contribution is -0.132. The molecule has 2 aliphatic heterocycles. The normalized spacial score (nSPS) is 21.7. The fourth-order valence-electron chi connectivity index (χ4n) is 2.62. The van der Waals surface area contributed by atoms with Crippen LogP contribution in [0.1, 0.15) is 13.3 Å². The lowest BCUT2D eigenvalue weighted by Crippen LogP contribution is -2.58. The van der Waals surface area contributed by atoms with Gasteiger partial charge in [-0.25, -0.2) is 5.01 Å². The van der Waals surface area contributed by atoms with E-state index in [4.69, 9.17) is 4.74 Å². The number of anilines is 1. The number of nitrogens with zero attached hydrogens (tertiary/aromatic N) is 3. The molecule has 1 aromatic rings. The first-order valence-electron chi connectivity index (χ1n) is 7.79. The van der Waals surface area contributed by atoms with Crippen LogP contribution in [0.4, 0.5) is 5.69 Å². The van der Waals surface area contributed by atoms with Crippen LogP contribution in [0.5, 0.6) is 0 Å². The van der Waals surface area contributed by atoms with Gasteiger partial charge in [-0.1, -0.05) is 25.1 Å². The summed E-state index contributed by atoms with van der Waals surface area (Å²) < 4.78 is 5.58. The third kappa shape index (κ3) is 3.34. The Kier molecular flexibility index (Phi) is 4.57. The predicted molar refractivity (Wildman–Crippen MR) is 86.0 cm³/mol. The average Bonchev–Trinajstić information content (AvgIpc) is 2.62. The largest absolute Gasteiger partial charge is 0.375 e. The summed E-state index contributed by atoms with van der Waals surface area (Å²) in [7, 11) is 0. The molecule has 0 unspecified atom stereocenters. The van der Waals surface area contributed by atoms with Crippen LogP contribution in [0.2, 0.25) is 0 Å². The molecule has 0 aliphatic carbocycles. The Morgan fingerprint density at radius 2 is 2.17 bits per heavy atom. The van der Waals surface area contributed by atoms with Gasteiger partial charge >= 0.3 is 0 Å². The second-order valence-corrected chi connectivity index (χ2v) is 5.49. The Hall–Kier alpha value is -2.41. The lowest BCUT2D eigenvalue weighted by Gasteiger charge is -2.34. The fraction of sp³-hybridized carbons (Fsp3) is 0.438. The minimum atomic E-state index is -0.194. The topological polar surface area (TPSA) is 74.2 Å². The smallest absolute Gasteiger partial charge is 0.290 e. The Labute approximate surface area is 134 Å². The number of rotatable bonds is 3. The zero-order valence-corrected chi connectivity index (χ0v) is 13.1. The Bertz CT molecular complexity index is 617. The highest BCUT2D eigenvalue weighted by molar-refractivity contribution is 6.39. The van der Waals surface area contributed by atoms with Crippen LogP contribution in [-0.4, -0.2) is 54.9 Å².